The van der Waals surface area contributed by atoms with Gasteiger partial charge in [0.05, 0.1) is 11.7 Å². The normalized spacial score (nSPS) is 13.8. The van der Waals surface area contributed by atoms with Crippen LogP contribution in [0.5, 0.6) is 0 Å². The molecule has 0 heterocycles. The lowest BCUT2D eigenvalue weighted by Crippen LogP contribution is -2.29. The van der Waals surface area contributed by atoms with E-state index in [9.17, 15) is 5.11 Å². The zero-order valence-corrected chi connectivity index (χ0v) is 11.8. The lowest BCUT2D eigenvalue weighted by molar-refractivity contribution is -0.0190. The molecule has 1 unspecified atom stereocenters. The molecule has 0 bridgehead atoms. The van der Waals surface area contributed by atoms with Crippen LogP contribution in [0.25, 0.3) is 0 Å². The van der Waals surface area contributed by atoms with Gasteiger partial charge in [-0.2, -0.15) is 0 Å². The predicted octanol–water partition coefficient (Wildman–Crippen LogP) is 3.71. The zero-order chi connectivity index (χ0) is 13.1. The Kier molecular flexibility index (Phi) is 5.26. The number of methoxy groups -OCH3 is 1. The molecule has 96 valence electrons. The molecule has 0 saturated heterocycles. The van der Waals surface area contributed by atoms with Crippen LogP contribution in [0.15, 0.2) is 18.2 Å². The highest BCUT2D eigenvalue weighted by molar-refractivity contribution is 6.33. The van der Waals surface area contributed by atoms with Crippen molar-refractivity contribution in [1.82, 2.24) is 0 Å². The first kappa shape index (κ1) is 14.8. The molecule has 0 radical (unpaired) electrons. The van der Waals surface area contributed by atoms with Crippen molar-refractivity contribution >= 4 is 23.2 Å². The Hall–Kier alpha value is -0.280. The maximum Gasteiger partial charge on any atom is 0.0647 e. The predicted molar refractivity (Wildman–Crippen MR) is 71.9 cm³/mol. The first-order valence-electron chi connectivity index (χ1n) is 5.51. The van der Waals surface area contributed by atoms with Crippen LogP contribution in [0.1, 0.15) is 25.8 Å². The molecule has 1 rings (SSSR count). The van der Waals surface area contributed by atoms with E-state index in [1.54, 1.807) is 25.3 Å². The molecular weight excluding hydrogens is 259 g/mol. The number of rotatable bonds is 5. The van der Waals surface area contributed by atoms with Crippen LogP contribution in [-0.2, 0) is 11.2 Å². The Morgan fingerprint density at radius 1 is 1.35 bits per heavy atom. The molecule has 0 aliphatic rings. The summed E-state index contributed by atoms with van der Waals surface area (Å²) in [6.07, 6.45) is 0.527. The highest BCUT2D eigenvalue weighted by Crippen LogP contribution is 2.24. The average Bonchev–Trinajstić information content (AvgIpc) is 2.23. The van der Waals surface area contributed by atoms with Crippen molar-refractivity contribution in [2.45, 2.75) is 38.4 Å². The minimum Gasteiger partial charge on any atom is -0.393 e. The summed E-state index contributed by atoms with van der Waals surface area (Å²) in [5.74, 6) is 0. The van der Waals surface area contributed by atoms with Crippen molar-refractivity contribution in [3.63, 3.8) is 0 Å². The Labute approximate surface area is 113 Å². The summed E-state index contributed by atoms with van der Waals surface area (Å²) < 4.78 is 5.28. The molecule has 1 atom stereocenters. The molecule has 1 N–H and O–H groups in total. The largest absolute Gasteiger partial charge is 0.393 e. The van der Waals surface area contributed by atoms with Crippen LogP contribution in [0.3, 0.4) is 0 Å². The molecule has 0 aromatic heterocycles. The highest BCUT2D eigenvalue weighted by Gasteiger charge is 2.22. The van der Waals surface area contributed by atoms with E-state index >= 15 is 0 Å². The zero-order valence-electron chi connectivity index (χ0n) is 10.3. The van der Waals surface area contributed by atoms with E-state index in [-0.39, 0.29) is 5.60 Å². The number of halogens is 2. The van der Waals surface area contributed by atoms with Gasteiger partial charge < -0.3 is 9.84 Å². The molecule has 4 heteroatoms. The van der Waals surface area contributed by atoms with Gasteiger partial charge in [0, 0.05) is 23.6 Å². The summed E-state index contributed by atoms with van der Waals surface area (Å²) >= 11 is 11.9. The molecule has 2 nitrogen and oxygen atoms in total. The standard InChI is InChI=1S/C13H18Cl2O2/c1-13(2,17-3)8-11(16)7-9-6-10(14)4-5-12(9)15/h4-6,11,16H,7-8H2,1-3H3. The van der Waals surface area contributed by atoms with Crippen LogP contribution >= 0.6 is 23.2 Å². The molecule has 0 aliphatic heterocycles. The van der Waals surface area contributed by atoms with Gasteiger partial charge in [-0.3, -0.25) is 0 Å². The van der Waals surface area contributed by atoms with Crippen molar-refractivity contribution in [3.05, 3.63) is 33.8 Å². The van der Waals surface area contributed by atoms with Crippen molar-refractivity contribution in [1.29, 1.82) is 0 Å². The molecule has 1 aromatic carbocycles. The topological polar surface area (TPSA) is 29.5 Å². The van der Waals surface area contributed by atoms with Gasteiger partial charge in [0.15, 0.2) is 0 Å². The molecule has 0 aliphatic carbocycles. The summed E-state index contributed by atoms with van der Waals surface area (Å²) in [6.45, 7) is 3.88. The monoisotopic (exact) mass is 276 g/mol. The molecule has 0 saturated carbocycles. The fourth-order valence-electron chi connectivity index (χ4n) is 1.68. The number of hydrogen-bond donors (Lipinski definition) is 1. The van der Waals surface area contributed by atoms with Crippen LogP contribution in [-0.4, -0.2) is 23.9 Å². The van der Waals surface area contributed by atoms with Gasteiger partial charge in [0.25, 0.3) is 0 Å². The fraction of sp³-hybridized carbons (Fsp3) is 0.538. The molecule has 0 spiro atoms. The van der Waals surface area contributed by atoms with Crippen molar-refractivity contribution in [3.8, 4) is 0 Å². The summed E-state index contributed by atoms with van der Waals surface area (Å²) in [6, 6.07) is 5.26. The van der Waals surface area contributed by atoms with Gasteiger partial charge in [-0.25, -0.2) is 0 Å². The van der Waals surface area contributed by atoms with Crippen molar-refractivity contribution in [2.75, 3.05) is 7.11 Å². The molecule has 0 fully saturated rings. The summed E-state index contributed by atoms with van der Waals surface area (Å²) in [4.78, 5) is 0. The average molecular weight is 277 g/mol. The maximum atomic E-state index is 10.0. The second-order valence-corrected chi connectivity index (χ2v) is 5.61. The van der Waals surface area contributed by atoms with Gasteiger partial charge in [0.1, 0.15) is 0 Å². The van der Waals surface area contributed by atoms with Gasteiger partial charge >= 0.3 is 0 Å². The molecule has 17 heavy (non-hydrogen) atoms. The number of hydrogen-bond acceptors (Lipinski definition) is 2. The third-order valence-corrected chi connectivity index (χ3v) is 3.35. The maximum absolute atomic E-state index is 10.0. The SMILES string of the molecule is COC(C)(C)CC(O)Cc1cc(Cl)ccc1Cl. The van der Waals surface area contributed by atoms with Gasteiger partial charge in [-0.15, -0.1) is 0 Å². The lowest BCUT2D eigenvalue weighted by atomic mass is 9.96. The molecule has 1 aromatic rings. The Balaban J connectivity index is 2.68. The van der Waals surface area contributed by atoms with E-state index in [4.69, 9.17) is 27.9 Å². The van der Waals surface area contributed by atoms with Crippen molar-refractivity contribution in [2.24, 2.45) is 0 Å². The highest BCUT2D eigenvalue weighted by atomic mass is 35.5. The Bertz CT molecular complexity index is 378. The van der Waals surface area contributed by atoms with E-state index < -0.39 is 6.10 Å². The number of aliphatic hydroxyl groups is 1. The summed E-state index contributed by atoms with van der Waals surface area (Å²) in [5.41, 5.74) is 0.517. The number of ether oxygens (including phenoxy) is 1. The smallest absolute Gasteiger partial charge is 0.0647 e. The van der Waals surface area contributed by atoms with Crippen LogP contribution in [0.2, 0.25) is 10.0 Å². The van der Waals surface area contributed by atoms with E-state index in [2.05, 4.69) is 0 Å². The lowest BCUT2D eigenvalue weighted by Gasteiger charge is -2.26. The third-order valence-electron chi connectivity index (χ3n) is 2.74. The minimum absolute atomic E-state index is 0.343. The van der Waals surface area contributed by atoms with E-state index in [0.29, 0.717) is 22.9 Å². The van der Waals surface area contributed by atoms with Gasteiger partial charge in [-0.05, 0) is 44.0 Å². The number of benzene rings is 1. The second-order valence-electron chi connectivity index (χ2n) is 4.76. The van der Waals surface area contributed by atoms with E-state index in [1.165, 1.54) is 0 Å². The van der Waals surface area contributed by atoms with E-state index in [0.717, 1.165) is 5.56 Å². The van der Waals surface area contributed by atoms with Crippen molar-refractivity contribution < 1.29 is 9.84 Å². The Morgan fingerprint density at radius 2 is 2.00 bits per heavy atom. The van der Waals surface area contributed by atoms with Gasteiger partial charge in [0.2, 0.25) is 0 Å². The summed E-state index contributed by atoms with van der Waals surface area (Å²) in [7, 11) is 1.64. The summed E-state index contributed by atoms with van der Waals surface area (Å²) in [5, 5.41) is 11.3. The first-order chi connectivity index (χ1) is 7.84. The van der Waals surface area contributed by atoms with Gasteiger partial charge in [-0.1, -0.05) is 23.2 Å². The van der Waals surface area contributed by atoms with Crippen LogP contribution < -0.4 is 0 Å². The third kappa shape index (κ3) is 4.84. The first-order valence-corrected chi connectivity index (χ1v) is 6.27. The quantitative estimate of drug-likeness (QED) is 0.889. The van der Waals surface area contributed by atoms with Crippen LogP contribution in [0.4, 0.5) is 0 Å². The second kappa shape index (κ2) is 6.05. The number of aliphatic hydroxyl groups excluding tert-OH is 1. The van der Waals surface area contributed by atoms with E-state index in [1.807, 2.05) is 13.8 Å². The molecule has 0 amide bonds. The molecular formula is C13H18Cl2O2. The van der Waals surface area contributed by atoms with Crippen LogP contribution in [0, 0.1) is 0 Å². The fourth-order valence-corrected chi connectivity index (χ4v) is 2.07. The minimum atomic E-state index is -0.499. The Morgan fingerprint density at radius 3 is 2.59 bits per heavy atom.